The molecule has 1 aromatic heterocycles. The summed E-state index contributed by atoms with van der Waals surface area (Å²) in [5.41, 5.74) is 2.56. The molecule has 8 heteroatoms. The molecule has 1 heterocycles. The first kappa shape index (κ1) is 20.5. The highest BCUT2D eigenvalue weighted by molar-refractivity contribution is 7.51. The molecule has 0 saturated heterocycles. The minimum absolute atomic E-state index is 0.107. The van der Waals surface area contributed by atoms with Crippen LogP contribution in [0.1, 0.15) is 22.8 Å². The van der Waals surface area contributed by atoms with E-state index in [9.17, 15) is 14.3 Å². The topological polar surface area (TPSA) is 92.9 Å². The quantitative estimate of drug-likeness (QED) is 0.253. The molecule has 3 rings (SSSR count). The van der Waals surface area contributed by atoms with Crippen molar-refractivity contribution in [2.24, 2.45) is 5.84 Å². The fraction of sp³-hybridized carbons (Fsp3) is 0.150. The number of hydrazine groups is 1. The summed E-state index contributed by atoms with van der Waals surface area (Å²) in [6.07, 6.45) is -0.107. The van der Waals surface area contributed by atoms with Gasteiger partial charge < -0.3 is 9.42 Å². The van der Waals surface area contributed by atoms with E-state index in [4.69, 9.17) is 10.4 Å². The van der Waals surface area contributed by atoms with E-state index < -0.39 is 7.60 Å². The van der Waals surface area contributed by atoms with E-state index in [1.54, 1.807) is 48.6 Å². The van der Waals surface area contributed by atoms with Crippen molar-refractivity contribution >= 4 is 30.5 Å². The highest BCUT2D eigenvalue weighted by Gasteiger charge is 2.20. The van der Waals surface area contributed by atoms with E-state index in [1.807, 2.05) is 35.7 Å². The van der Waals surface area contributed by atoms with Gasteiger partial charge in [-0.3, -0.25) is 9.36 Å². The summed E-state index contributed by atoms with van der Waals surface area (Å²) in [7, 11) is -3.67. The van der Waals surface area contributed by atoms with Gasteiger partial charge in [0, 0.05) is 10.4 Å². The highest BCUT2D eigenvalue weighted by Crippen LogP contribution is 2.45. The number of amides is 1. The van der Waals surface area contributed by atoms with Crippen molar-refractivity contribution in [3.05, 3.63) is 77.2 Å². The molecule has 0 spiro atoms. The molecule has 0 saturated carbocycles. The number of carbonyl (C=O) groups excluding carboxylic acids is 1. The molecule has 6 nitrogen and oxygen atoms in total. The summed E-state index contributed by atoms with van der Waals surface area (Å²) in [4.78, 5) is 23.5. The van der Waals surface area contributed by atoms with Gasteiger partial charge in [-0.05, 0) is 53.8 Å². The maximum absolute atomic E-state index is 12.7. The SMILES string of the molecule is CCOP(=O)(O)Cc1ccc(C(=O)N(N)c2cccc(-c3cccs3)c2)cc1. The Morgan fingerprint density at radius 2 is 1.93 bits per heavy atom. The zero-order valence-electron chi connectivity index (χ0n) is 15.3. The molecule has 0 aliphatic carbocycles. The van der Waals surface area contributed by atoms with Crippen LogP contribution in [0.5, 0.6) is 0 Å². The predicted molar refractivity (Wildman–Crippen MR) is 112 cm³/mol. The number of nitrogens with two attached hydrogens (primary N) is 1. The van der Waals surface area contributed by atoms with Crippen molar-refractivity contribution in [3.8, 4) is 10.4 Å². The molecule has 0 aliphatic rings. The third-order valence-corrected chi connectivity index (χ3v) is 6.41. The standard InChI is InChI=1S/C20H21N2O4PS/c1-2-26-27(24,25)14-15-8-10-16(11-9-15)20(23)22(21)18-6-3-5-17(13-18)19-7-4-12-28-19/h3-13H,2,14,21H2,1H3,(H,24,25). The van der Waals surface area contributed by atoms with Crippen LogP contribution in [-0.2, 0) is 15.3 Å². The van der Waals surface area contributed by atoms with Gasteiger partial charge in [0.15, 0.2) is 0 Å². The maximum Gasteiger partial charge on any atom is 0.332 e. The number of benzene rings is 2. The van der Waals surface area contributed by atoms with Gasteiger partial charge in [0.05, 0.1) is 18.5 Å². The van der Waals surface area contributed by atoms with Gasteiger partial charge in [0.1, 0.15) is 0 Å². The zero-order valence-corrected chi connectivity index (χ0v) is 17.0. The van der Waals surface area contributed by atoms with Crippen LogP contribution in [0.4, 0.5) is 5.69 Å². The van der Waals surface area contributed by atoms with Crippen molar-refractivity contribution in [2.75, 3.05) is 11.6 Å². The molecule has 0 radical (unpaired) electrons. The third-order valence-electron chi connectivity index (χ3n) is 4.06. The first-order valence-corrected chi connectivity index (χ1v) is 11.3. The Kier molecular flexibility index (Phi) is 6.44. The summed E-state index contributed by atoms with van der Waals surface area (Å²) in [5, 5.41) is 3.09. The summed E-state index contributed by atoms with van der Waals surface area (Å²) in [6.45, 7) is 1.82. The molecule has 0 bridgehead atoms. The number of rotatable bonds is 7. The van der Waals surface area contributed by atoms with Crippen molar-refractivity contribution in [1.82, 2.24) is 0 Å². The minimum atomic E-state index is -3.67. The Labute approximate surface area is 167 Å². The molecular weight excluding hydrogens is 395 g/mol. The van der Waals surface area contributed by atoms with Crippen LogP contribution in [0.15, 0.2) is 66.0 Å². The molecule has 3 N–H and O–H groups in total. The van der Waals surface area contributed by atoms with Crippen LogP contribution in [0, 0.1) is 0 Å². The van der Waals surface area contributed by atoms with Crippen LogP contribution in [0.25, 0.3) is 10.4 Å². The first-order chi connectivity index (χ1) is 13.4. The van der Waals surface area contributed by atoms with E-state index in [0.717, 1.165) is 15.4 Å². The molecule has 1 unspecified atom stereocenters. The van der Waals surface area contributed by atoms with E-state index in [1.165, 1.54) is 0 Å². The number of hydrogen-bond acceptors (Lipinski definition) is 5. The van der Waals surface area contributed by atoms with E-state index in [0.29, 0.717) is 16.8 Å². The summed E-state index contributed by atoms with van der Waals surface area (Å²) < 4.78 is 16.7. The molecular formula is C20H21N2O4PS. The van der Waals surface area contributed by atoms with Crippen molar-refractivity contribution < 1.29 is 18.8 Å². The third kappa shape index (κ3) is 4.95. The number of nitrogens with zero attached hydrogens (tertiary/aromatic N) is 1. The van der Waals surface area contributed by atoms with Crippen LogP contribution >= 0.6 is 18.9 Å². The second kappa shape index (κ2) is 8.82. The average molecular weight is 416 g/mol. The Morgan fingerprint density at radius 3 is 2.57 bits per heavy atom. The zero-order chi connectivity index (χ0) is 20.1. The van der Waals surface area contributed by atoms with E-state index in [-0.39, 0.29) is 18.7 Å². The van der Waals surface area contributed by atoms with Gasteiger partial charge in [-0.1, -0.05) is 30.3 Å². The van der Waals surface area contributed by atoms with Crippen LogP contribution in [0.2, 0.25) is 0 Å². The van der Waals surface area contributed by atoms with Gasteiger partial charge in [-0.15, -0.1) is 11.3 Å². The lowest BCUT2D eigenvalue weighted by atomic mass is 10.1. The number of anilines is 1. The molecule has 0 aliphatic heterocycles. The molecule has 3 aromatic rings. The second-order valence-electron chi connectivity index (χ2n) is 6.11. The summed E-state index contributed by atoms with van der Waals surface area (Å²) >= 11 is 1.61. The van der Waals surface area contributed by atoms with Gasteiger partial charge in [0.25, 0.3) is 5.91 Å². The van der Waals surface area contributed by atoms with Crippen LogP contribution < -0.4 is 10.9 Å². The Bertz CT molecular complexity index is 990. The molecule has 146 valence electrons. The largest absolute Gasteiger partial charge is 0.332 e. The number of hydrogen-bond donors (Lipinski definition) is 2. The predicted octanol–water partition coefficient (Wildman–Crippen LogP) is 4.66. The smallest absolute Gasteiger partial charge is 0.324 e. The first-order valence-electron chi connectivity index (χ1n) is 8.68. The van der Waals surface area contributed by atoms with Gasteiger partial charge in [-0.25, -0.2) is 10.9 Å². The highest BCUT2D eigenvalue weighted by atomic mass is 32.1. The molecule has 2 aromatic carbocycles. The van der Waals surface area contributed by atoms with E-state index in [2.05, 4.69) is 0 Å². The fourth-order valence-corrected chi connectivity index (χ4v) is 4.63. The monoisotopic (exact) mass is 416 g/mol. The lowest BCUT2D eigenvalue weighted by Gasteiger charge is -2.18. The van der Waals surface area contributed by atoms with Crippen LogP contribution in [0.3, 0.4) is 0 Å². The molecule has 28 heavy (non-hydrogen) atoms. The molecule has 1 atom stereocenters. The van der Waals surface area contributed by atoms with Crippen molar-refractivity contribution in [2.45, 2.75) is 13.1 Å². The molecule has 1 amide bonds. The minimum Gasteiger partial charge on any atom is -0.324 e. The van der Waals surface area contributed by atoms with Crippen molar-refractivity contribution in [1.29, 1.82) is 0 Å². The Morgan fingerprint density at radius 1 is 1.18 bits per heavy atom. The molecule has 0 fully saturated rings. The number of thiophene rings is 1. The Balaban J connectivity index is 1.75. The average Bonchev–Trinajstić information content (AvgIpc) is 3.22. The summed E-state index contributed by atoms with van der Waals surface area (Å²) in [5.74, 6) is 5.69. The Hall–Kier alpha value is -2.28. The normalized spacial score (nSPS) is 13.1. The second-order valence-corrected chi connectivity index (χ2v) is 8.91. The van der Waals surface area contributed by atoms with Gasteiger partial charge in [0.2, 0.25) is 0 Å². The van der Waals surface area contributed by atoms with Gasteiger partial charge in [-0.2, -0.15) is 0 Å². The lowest BCUT2D eigenvalue weighted by Crippen LogP contribution is -2.37. The van der Waals surface area contributed by atoms with E-state index >= 15 is 0 Å². The van der Waals surface area contributed by atoms with Crippen molar-refractivity contribution in [3.63, 3.8) is 0 Å². The van der Waals surface area contributed by atoms with Gasteiger partial charge >= 0.3 is 7.60 Å². The summed E-state index contributed by atoms with van der Waals surface area (Å²) in [6, 6.07) is 17.9. The van der Waals surface area contributed by atoms with Crippen LogP contribution in [-0.4, -0.2) is 17.4 Å². The lowest BCUT2D eigenvalue weighted by molar-refractivity contribution is 0.0987. The maximum atomic E-state index is 12.7. The fourth-order valence-electron chi connectivity index (χ4n) is 2.74. The number of carbonyl (C=O) groups is 1.